The molecule has 1 aliphatic rings. The minimum atomic E-state index is 0.0298. The van der Waals surface area contributed by atoms with Gasteiger partial charge in [0.05, 0.1) is 0 Å². The first-order valence-electron chi connectivity index (χ1n) is 9.83. The van der Waals surface area contributed by atoms with E-state index in [1.54, 1.807) is 0 Å². The maximum atomic E-state index is 12.5. The molecule has 0 unspecified atom stereocenters. The minimum Gasteiger partial charge on any atom is -0.352 e. The van der Waals surface area contributed by atoms with Crippen molar-refractivity contribution in [3.8, 4) is 11.1 Å². The number of piperidine rings is 1. The Labute approximate surface area is 175 Å². The first kappa shape index (κ1) is 19.4. The number of nitrogens with one attached hydrogen (secondary N) is 1. The van der Waals surface area contributed by atoms with Crippen molar-refractivity contribution in [1.82, 2.24) is 15.3 Å². The number of rotatable bonds is 5. The molecule has 29 heavy (non-hydrogen) atoms. The van der Waals surface area contributed by atoms with Gasteiger partial charge in [0, 0.05) is 48.5 Å². The Bertz CT molecular complexity index is 937. The lowest BCUT2D eigenvalue weighted by Gasteiger charge is -2.31. The largest absolute Gasteiger partial charge is 0.352 e. The smallest absolute Gasteiger partial charge is 0.225 e. The molecule has 148 valence electrons. The van der Waals surface area contributed by atoms with E-state index in [0.717, 1.165) is 48.6 Å². The first-order chi connectivity index (χ1) is 14.2. The van der Waals surface area contributed by atoms with Gasteiger partial charge in [-0.2, -0.15) is 0 Å². The Hall–Kier alpha value is -2.92. The Balaban J connectivity index is 1.28. The molecule has 3 aromatic rings. The molecule has 0 radical (unpaired) electrons. The summed E-state index contributed by atoms with van der Waals surface area (Å²) in [6.45, 7) is 2.09. The van der Waals surface area contributed by atoms with Gasteiger partial charge in [0.2, 0.25) is 11.9 Å². The predicted molar refractivity (Wildman–Crippen MR) is 116 cm³/mol. The molecular formula is C23H23ClN4O. The molecule has 1 fully saturated rings. The van der Waals surface area contributed by atoms with Gasteiger partial charge >= 0.3 is 0 Å². The second-order valence-electron chi connectivity index (χ2n) is 7.24. The molecule has 2 heterocycles. The van der Waals surface area contributed by atoms with Crippen LogP contribution in [-0.2, 0) is 11.3 Å². The number of anilines is 1. The van der Waals surface area contributed by atoms with Crippen molar-refractivity contribution in [2.45, 2.75) is 19.4 Å². The summed E-state index contributed by atoms with van der Waals surface area (Å²) in [4.78, 5) is 23.7. The lowest BCUT2D eigenvalue weighted by atomic mass is 9.96. The van der Waals surface area contributed by atoms with Gasteiger partial charge in [-0.05, 0) is 36.1 Å². The SMILES string of the molecule is O=C(NCc1ccc(Cl)cc1)C1CCN(c2ncc(-c3ccccc3)cn2)CC1. The van der Waals surface area contributed by atoms with Crippen LogP contribution in [0, 0.1) is 5.92 Å². The molecule has 1 amide bonds. The average molecular weight is 407 g/mol. The quantitative estimate of drug-likeness (QED) is 0.685. The van der Waals surface area contributed by atoms with E-state index in [2.05, 4.69) is 20.2 Å². The van der Waals surface area contributed by atoms with E-state index in [1.165, 1.54) is 0 Å². The van der Waals surface area contributed by atoms with Crippen molar-refractivity contribution in [2.75, 3.05) is 18.0 Å². The van der Waals surface area contributed by atoms with Crippen molar-refractivity contribution in [1.29, 1.82) is 0 Å². The average Bonchev–Trinajstić information content (AvgIpc) is 2.79. The zero-order valence-corrected chi connectivity index (χ0v) is 16.8. The van der Waals surface area contributed by atoms with Gasteiger partial charge in [-0.3, -0.25) is 4.79 Å². The highest BCUT2D eigenvalue weighted by atomic mass is 35.5. The lowest BCUT2D eigenvalue weighted by molar-refractivity contribution is -0.125. The van der Waals surface area contributed by atoms with Crippen molar-refractivity contribution in [3.63, 3.8) is 0 Å². The third kappa shape index (κ3) is 4.93. The van der Waals surface area contributed by atoms with Gasteiger partial charge in [-0.25, -0.2) is 9.97 Å². The van der Waals surface area contributed by atoms with Crippen LogP contribution in [0.5, 0.6) is 0 Å². The Kier molecular flexibility index (Phi) is 6.06. The van der Waals surface area contributed by atoms with Crippen LogP contribution >= 0.6 is 11.6 Å². The first-order valence-corrected chi connectivity index (χ1v) is 10.2. The number of amides is 1. The molecule has 1 aromatic heterocycles. The second kappa shape index (κ2) is 9.05. The van der Waals surface area contributed by atoms with Crippen molar-refractivity contribution in [2.24, 2.45) is 5.92 Å². The number of carbonyl (C=O) groups is 1. The fourth-order valence-corrected chi connectivity index (χ4v) is 3.67. The number of halogens is 1. The van der Waals surface area contributed by atoms with Crippen LogP contribution in [0.3, 0.4) is 0 Å². The number of benzene rings is 2. The molecule has 0 spiro atoms. The summed E-state index contributed by atoms with van der Waals surface area (Å²) in [5, 5.41) is 3.74. The molecule has 0 saturated carbocycles. The molecule has 6 heteroatoms. The van der Waals surface area contributed by atoms with Crippen LogP contribution in [0.25, 0.3) is 11.1 Å². The zero-order chi connectivity index (χ0) is 20.1. The van der Waals surface area contributed by atoms with Crippen LogP contribution in [-0.4, -0.2) is 29.0 Å². The van der Waals surface area contributed by atoms with E-state index < -0.39 is 0 Å². The molecular weight excluding hydrogens is 384 g/mol. The standard InChI is InChI=1S/C23H23ClN4O/c24-21-8-6-17(7-9-21)14-25-22(29)19-10-12-28(13-11-19)23-26-15-20(16-27-23)18-4-2-1-3-5-18/h1-9,15-16,19H,10-14H2,(H,25,29). The van der Waals surface area contributed by atoms with Crippen molar-refractivity contribution >= 4 is 23.5 Å². The van der Waals surface area contributed by atoms with E-state index in [-0.39, 0.29) is 11.8 Å². The second-order valence-corrected chi connectivity index (χ2v) is 7.68. The van der Waals surface area contributed by atoms with Crippen LogP contribution in [0.1, 0.15) is 18.4 Å². The van der Waals surface area contributed by atoms with Crippen LogP contribution in [0.4, 0.5) is 5.95 Å². The Morgan fingerprint density at radius 1 is 0.966 bits per heavy atom. The molecule has 4 rings (SSSR count). The predicted octanol–water partition coefficient (Wildman–Crippen LogP) is 4.33. The summed E-state index contributed by atoms with van der Waals surface area (Å²) in [6, 6.07) is 17.6. The summed E-state index contributed by atoms with van der Waals surface area (Å²) in [5.74, 6) is 0.867. The minimum absolute atomic E-state index is 0.0298. The third-order valence-corrected chi connectivity index (χ3v) is 5.53. The molecule has 1 N–H and O–H groups in total. The maximum Gasteiger partial charge on any atom is 0.225 e. The van der Waals surface area contributed by atoms with Gasteiger partial charge in [-0.15, -0.1) is 0 Å². The zero-order valence-electron chi connectivity index (χ0n) is 16.1. The Morgan fingerprint density at radius 2 is 1.62 bits per heavy atom. The monoisotopic (exact) mass is 406 g/mol. The highest BCUT2D eigenvalue weighted by Gasteiger charge is 2.26. The van der Waals surface area contributed by atoms with Gasteiger partial charge < -0.3 is 10.2 Å². The van der Waals surface area contributed by atoms with E-state index in [1.807, 2.05) is 67.0 Å². The molecule has 5 nitrogen and oxygen atoms in total. The Morgan fingerprint density at radius 3 is 2.28 bits per heavy atom. The van der Waals surface area contributed by atoms with Gasteiger partial charge in [0.1, 0.15) is 0 Å². The summed E-state index contributed by atoms with van der Waals surface area (Å²) >= 11 is 5.90. The van der Waals surface area contributed by atoms with Crippen molar-refractivity contribution in [3.05, 3.63) is 77.6 Å². The number of hydrogen-bond acceptors (Lipinski definition) is 4. The van der Waals surface area contributed by atoms with Gasteiger partial charge in [0.15, 0.2) is 0 Å². The molecule has 0 atom stereocenters. The number of nitrogens with zero attached hydrogens (tertiary/aromatic N) is 3. The fraction of sp³-hybridized carbons (Fsp3) is 0.261. The summed E-state index contributed by atoms with van der Waals surface area (Å²) in [7, 11) is 0. The van der Waals surface area contributed by atoms with E-state index >= 15 is 0 Å². The number of carbonyl (C=O) groups excluding carboxylic acids is 1. The topological polar surface area (TPSA) is 58.1 Å². The van der Waals surface area contributed by atoms with E-state index in [0.29, 0.717) is 11.6 Å². The van der Waals surface area contributed by atoms with Gasteiger partial charge in [-0.1, -0.05) is 54.1 Å². The maximum absolute atomic E-state index is 12.5. The molecule has 0 bridgehead atoms. The van der Waals surface area contributed by atoms with Crippen LogP contribution < -0.4 is 10.2 Å². The summed E-state index contributed by atoms with van der Waals surface area (Å²) in [5.41, 5.74) is 3.16. The number of aromatic nitrogens is 2. The molecule has 2 aromatic carbocycles. The fourth-order valence-electron chi connectivity index (χ4n) is 3.54. The van der Waals surface area contributed by atoms with E-state index in [4.69, 9.17) is 11.6 Å². The lowest BCUT2D eigenvalue weighted by Crippen LogP contribution is -2.41. The van der Waals surface area contributed by atoms with Crippen molar-refractivity contribution < 1.29 is 4.79 Å². The summed E-state index contributed by atoms with van der Waals surface area (Å²) in [6.07, 6.45) is 5.33. The molecule has 0 aliphatic carbocycles. The highest BCUT2D eigenvalue weighted by Crippen LogP contribution is 2.23. The van der Waals surface area contributed by atoms with Gasteiger partial charge in [0.25, 0.3) is 0 Å². The highest BCUT2D eigenvalue weighted by molar-refractivity contribution is 6.30. The normalized spacial score (nSPS) is 14.6. The van der Waals surface area contributed by atoms with Crippen LogP contribution in [0.2, 0.25) is 5.02 Å². The van der Waals surface area contributed by atoms with E-state index in [9.17, 15) is 4.79 Å². The van der Waals surface area contributed by atoms with Crippen LogP contribution in [0.15, 0.2) is 67.0 Å². The molecule has 1 saturated heterocycles. The third-order valence-electron chi connectivity index (χ3n) is 5.27. The molecule has 1 aliphatic heterocycles. The summed E-state index contributed by atoms with van der Waals surface area (Å²) < 4.78 is 0. The number of hydrogen-bond donors (Lipinski definition) is 1.